The number of benzene rings is 10. The molecule has 1 spiro atoms. The van der Waals surface area contributed by atoms with Crippen molar-refractivity contribution in [1.29, 1.82) is 0 Å². The molecule has 1 aromatic heterocycles. The van der Waals surface area contributed by atoms with Gasteiger partial charge in [-0.2, -0.15) is 0 Å². The predicted molar refractivity (Wildman–Crippen MR) is 284 cm³/mol. The van der Waals surface area contributed by atoms with Crippen LogP contribution in [0.3, 0.4) is 0 Å². The topological polar surface area (TPSA) is 25.6 Å². The first kappa shape index (κ1) is 38.7. The zero-order chi connectivity index (χ0) is 45.6. The van der Waals surface area contributed by atoms with E-state index in [4.69, 9.17) is 9.15 Å². The van der Waals surface area contributed by atoms with Crippen LogP contribution in [0.4, 0.5) is 11.4 Å². The quantitative estimate of drug-likeness (QED) is 0.176. The molecule has 2 heterocycles. The number of anilines is 2. The highest BCUT2D eigenvalue weighted by Gasteiger charge is 2.54. The van der Waals surface area contributed by atoms with Gasteiger partial charge in [-0.3, -0.25) is 0 Å². The van der Waals surface area contributed by atoms with Crippen LogP contribution in [0.25, 0.3) is 71.3 Å². The van der Waals surface area contributed by atoms with E-state index in [-0.39, 0.29) is 11.5 Å². The molecular formula is C66H45NO2. The number of allylic oxidation sites excluding steroid dienone is 2. The van der Waals surface area contributed by atoms with Crippen LogP contribution < -0.4 is 9.64 Å². The van der Waals surface area contributed by atoms with Crippen molar-refractivity contribution in [3.63, 3.8) is 0 Å². The maximum absolute atomic E-state index is 7.31. The zero-order valence-corrected chi connectivity index (χ0v) is 38.3. The Morgan fingerprint density at radius 2 is 1.04 bits per heavy atom. The van der Waals surface area contributed by atoms with Crippen molar-refractivity contribution in [1.82, 2.24) is 0 Å². The van der Waals surface area contributed by atoms with Gasteiger partial charge in [-0.25, -0.2) is 0 Å². The fraction of sp³-hybridized carbons (Fsp3) is 0.0909. The van der Waals surface area contributed by atoms with Crippen molar-refractivity contribution in [2.24, 2.45) is 0 Å². The Morgan fingerprint density at radius 3 is 1.80 bits per heavy atom. The Morgan fingerprint density at radius 1 is 0.449 bits per heavy atom. The second-order valence-corrected chi connectivity index (χ2v) is 19.8. The van der Waals surface area contributed by atoms with Crippen LogP contribution >= 0.6 is 0 Å². The number of ether oxygens (including phenoxy) is 1. The summed E-state index contributed by atoms with van der Waals surface area (Å²) in [5.41, 5.74) is 18.7. The molecule has 0 saturated heterocycles. The molecule has 10 aromatic carbocycles. The maximum Gasteiger partial charge on any atom is 0.140 e. The smallest absolute Gasteiger partial charge is 0.140 e. The third kappa shape index (κ3) is 5.22. The molecule has 0 amide bonds. The molecule has 0 bridgehead atoms. The van der Waals surface area contributed by atoms with E-state index >= 15 is 0 Å². The molecule has 69 heavy (non-hydrogen) atoms. The van der Waals surface area contributed by atoms with Gasteiger partial charge in [0.1, 0.15) is 22.7 Å². The minimum atomic E-state index is -0.634. The molecular weight excluding hydrogens is 839 g/mol. The summed E-state index contributed by atoms with van der Waals surface area (Å²) >= 11 is 0. The van der Waals surface area contributed by atoms with E-state index in [0.29, 0.717) is 0 Å². The first-order valence-electron chi connectivity index (χ1n) is 24.3. The molecule has 0 saturated carbocycles. The van der Waals surface area contributed by atoms with E-state index in [1.54, 1.807) is 0 Å². The molecule has 11 aromatic rings. The lowest BCUT2D eigenvalue weighted by Gasteiger charge is -2.42. The van der Waals surface area contributed by atoms with Gasteiger partial charge < -0.3 is 14.1 Å². The van der Waals surface area contributed by atoms with Crippen LogP contribution in [0.2, 0.25) is 0 Å². The first-order chi connectivity index (χ1) is 34.0. The average Bonchev–Trinajstić information content (AvgIpc) is 4.00. The monoisotopic (exact) mass is 883 g/mol. The van der Waals surface area contributed by atoms with Crippen molar-refractivity contribution < 1.29 is 9.15 Å². The highest BCUT2D eigenvalue weighted by atomic mass is 16.5. The molecule has 3 aliphatic carbocycles. The lowest BCUT2D eigenvalue weighted by molar-refractivity contribution is 0.446. The number of fused-ring (bicyclic) bond motifs is 18. The van der Waals surface area contributed by atoms with E-state index in [1.807, 2.05) is 12.1 Å². The van der Waals surface area contributed by atoms with Crippen LogP contribution in [0.15, 0.2) is 228 Å². The lowest BCUT2D eigenvalue weighted by Crippen LogP contribution is -2.36. The number of para-hydroxylation sites is 1. The number of hydrogen-bond acceptors (Lipinski definition) is 3. The number of rotatable bonds is 4. The summed E-state index contributed by atoms with van der Waals surface area (Å²) < 4.78 is 13.5. The second kappa shape index (κ2) is 14.1. The van der Waals surface area contributed by atoms with Gasteiger partial charge in [0.25, 0.3) is 0 Å². The highest BCUT2D eigenvalue weighted by molar-refractivity contribution is 6.06. The third-order valence-electron chi connectivity index (χ3n) is 16.1. The van der Waals surface area contributed by atoms with E-state index in [1.165, 1.54) is 83.2 Å². The van der Waals surface area contributed by atoms with Crippen LogP contribution in [0.1, 0.15) is 53.6 Å². The highest BCUT2D eigenvalue weighted by Crippen LogP contribution is 2.65. The molecule has 0 N–H and O–H groups in total. The Balaban J connectivity index is 0.968. The molecule has 326 valence electrons. The number of hydrogen-bond donors (Lipinski definition) is 0. The fourth-order valence-corrected chi connectivity index (χ4v) is 13.0. The van der Waals surface area contributed by atoms with Gasteiger partial charge in [0.05, 0.1) is 11.5 Å². The van der Waals surface area contributed by atoms with Crippen molar-refractivity contribution in [3.05, 3.63) is 257 Å². The van der Waals surface area contributed by atoms with Crippen molar-refractivity contribution >= 4 is 60.4 Å². The molecule has 4 aliphatic rings. The largest absolute Gasteiger partial charge is 0.456 e. The van der Waals surface area contributed by atoms with Crippen molar-refractivity contribution in [2.75, 3.05) is 4.90 Å². The number of furan rings is 1. The third-order valence-corrected chi connectivity index (χ3v) is 16.1. The zero-order valence-electron chi connectivity index (χ0n) is 38.3. The summed E-state index contributed by atoms with van der Waals surface area (Å²) in [5.74, 6) is 1.87. The molecule has 0 fully saturated rings. The molecule has 1 unspecified atom stereocenters. The minimum absolute atomic E-state index is 0.0365. The maximum atomic E-state index is 7.31. The number of nitrogens with zero attached hydrogens (tertiary/aromatic N) is 1. The summed E-state index contributed by atoms with van der Waals surface area (Å²) in [6.07, 6.45) is 5.73. The van der Waals surface area contributed by atoms with Gasteiger partial charge >= 0.3 is 0 Å². The Labute approximate surface area is 400 Å². The summed E-state index contributed by atoms with van der Waals surface area (Å²) in [4.78, 5) is 2.65. The van der Waals surface area contributed by atoms with Gasteiger partial charge in [0.2, 0.25) is 0 Å². The SMILES string of the molecule is CC1(C)c2ccccc2-c2ccc(N(c3ccc(-c4ccc5oc6ccccc6c5c4)cc3)C3CC=CC4=C3c3ccccc3C43c4ccc5ccccc5c4Oc4c3ccc3ccccc43)cc21. The second-order valence-electron chi connectivity index (χ2n) is 19.8. The van der Waals surface area contributed by atoms with Gasteiger partial charge in [0.15, 0.2) is 0 Å². The average molecular weight is 884 g/mol. The standard InChI is InChI=1S/C66H45NO2/c1-65(2)53-21-10-7-18-48(53)49-34-33-45(39-58(49)65)67(44-31-26-40(27-32-44)43-30-37-61-52(38-43)50-19-9-12-25-60(50)68-61)59-24-13-23-55-62(59)51-20-8-11-22-54(51)66(55)56-35-28-41-14-3-5-16-46(41)63(56)69-64-47-17-6-4-15-42(47)29-36-57(64)66/h3-23,25-39,59H,24H2,1-2H3. The Bertz CT molecular complexity index is 3980. The predicted octanol–water partition coefficient (Wildman–Crippen LogP) is 17.2. The molecule has 0 radical (unpaired) electrons. The summed E-state index contributed by atoms with van der Waals surface area (Å²) in [6.45, 7) is 4.77. The van der Waals surface area contributed by atoms with Crippen LogP contribution in [0.5, 0.6) is 11.5 Å². The Hall–Kier alpha value is -8.40. The summed E-state index contributed by atoms with van der Waals surface area (Å²) in [6, 6.07) is 76.2. The summed E-state index contributed by atoms with van der Waals surface area (Å²) in [5, 5.41) is 6.86. The van der Waals surface area contributed by atoms with Crippen molar-refractivity contribution in [2.45, 2.75) is 37.1 Å². The van der Waals surface area contributed by atoms with E-state index in [2.05, 4.69) is 225 Å². The van der Waals surface area contributed by atoms with Gasteiger partial charge in [-0.05, 0) is 115 Å². The fourth-order valence-electron chi connectivity index (χ4n) is 13.0. The van der Waals surface area contributed by atoms with E-state index in [0.717, 1.165) is 56.3 Å². The molecule has 3 nitrogen and oxygen atoms in total. The normalized spacial score (nSPS) is 16.6. The Kier molecular flexibility index (Phi) is 7.89. The van der Waals surface area contributed by atoms with Crippen LogP contribution in [-0.4, -0.2) is 6.04 Å². The first-order valence-corrected chi connectivity index (χ1v) is 24.3. The van der Waals surface area contributed by atoms with Gasteiger partial charge in [0, 0.05) is 49.5 Å². The van der Waals surface area contributed by atoms with E-state index < -0.39 is 5.41 Å². The van der Waals surface area contributed by atoms with Crippen LogP contribution in [0, 0.1) is 0 Å². The van der Waals surface area contributed by atoms with Crippen molar-refractivity contribution in [3.8, 4) is 33.8 Å². The minimum Gasteiger partial charge on any atom is -0.456 e. The summed E-state index contributed by atoms with van der Waals surface area (Å²) in [7, 11) is 0. The van der Waals surface area contributed by atoms with Gasteiger partial charge in [-0.15, -0.1) is 0 Å². The molecule has 3 heteroatoms. The lowest BCUT2D eigenvalue weighted by atomic mass is 9.64. The van der Waals surface area contributed by atoms with Gasteiger partial charge in [-0.1, -0.05) is 190 Å². The molecule has 15 rings (SSSR count). The van der Waals surface area contributed by atoms with E-state index in [9.17, 15) is 0 Å². The molecule has 1 atom stereocenters. The van der Waals surface area contributed by atoms with Crippen LogP contribution in [-0.2, 0) is 10.8 Å². The molecule has 1 aliphatic heterocycles.